The Labute approximate surface area is 65.9 Å². The monoisotopic (exact) mass is 171 g/mol. The number of aliphatic hydroxyl groups excluding tert-OH is 1. The van der Waals surface area contributed by atoms with E-state index in [1.807, 2.05) is 0 Å². The van der Waals surface area contributed by atoms with Crippen molar-refractivity contribution in [2.24, 2.45) is 0 Å². The van der Waals surface area contributed by atoms with Crippen LogP contribution in [0.25, 0.3) is 0 Å². The Morgan fingerprint density at radius 2 is 2.18 bits per heavy atom. The highest BCUT2D eigenvalue weighted by atomic mass is 31.1. The van der Waals surface area contributed by atoms with Crippen molar-refractivity contribution < 1.29 is 14.2 Å². The van der Waals surface area contributed by atoms with E-state index in [0.29, 0.717) is 11.3 Å². The summed E-state index contributed by atoms with van der Waals surface area (Å²) < 4.78 is 14.8. The fourth-order valence-corrected chi connectivity index (χ4v) is 1.07. The molecule has 1 N–H and O–H groups in total. The predicted molar refractivity (Wildman–Crippen MR) is 42.0 cm³/mol. The summed E-state index contributed by atoms with van der Waals surface area (Å²) in [5, 5.41) is 8.77. The second-order valence-corrected chi connectivity index (χ2v) is 2.32. The molecule has 11 heavy (non-hydrogen) atoms. The smallest absolute Gasteiger partial charge is 0.392 e. The fourth-order valence-electron chi connectivity index (χ4n) is 0.779. The van der Waals surface area contributed by atoms with E-state index in [-0.39, 0.29) is 6.61 Å². The molecule has 1 rings (SSSR count). The summed E-state index contributed by atoms with van der Waals surface area (Å²) in [6.45, 7) is -0.0966. The van der Waals surface area contributed by atoms with Crippen LogP contribution in [-0.4, -0.2) is 5.11 Å². The first kappa shape index (κ1) is 8.18. The van der Waals surface area contributed by atoms with E-state index < -0.39 is 8.69 Å². The minimum atomic E-state index is -0.826. The van der Waals surface area contributed by atoms with Gasteiger partial charge in [-0.05, 0) is 10.6 Å². The molecule has 0 fully saturated rings. The molecule has 0 aliphatic carbocycles. The van der Waals surface area contributed by atoms with Crippen LogP contribution in [0, 0.1) is 0 Å². The predicted octanol–water partition coefficient (Wildman–Crippen LogP) is 1.50. The maximum absolute atomic E-state index is 10.1. The van der Waals surface area contributed by atoms with Crippen LogP contribution in [0.15, 0.2) is 24.3 Å². The van der Waals surface area contributed by atoms with E-state index in [1.54, 1.807) is 24.3 Å². The van der Waals surface area contributed by atoms with Crippen LogP contribution in [0.1, 0.15) is 5.56 Å². The van der Waals surface area contributed by atoms with Crippen molar-refractivity contribution in [2.45, 2.75) is 6.61 Å². The fraction of sp³-hybridized carbons (Fsp3) is 0.143. The third-order valence-corrected chi connectivity index (χ3v) is 1.60. The Hall–Kier alpha value is -0.920. The second-order valence-electron chi connectivity index (χ2n) is 1.95. The van der Waals surface area contributed by atoms with Crippen LogP contribution in [0.3, 0.4) is 0 Å². The van der Waals surface area contributed by atoms with Crippen LogP contribution in [0.2, 0.25) is 0 Å². The van der Waals surface area contributed by atoms with Gasteiger partial charge in [-0.15, -0.1) is 0 Å². The van der Waals surface area contributed by atoms with Crippen LogP contribution in [0.5, 0.6) is 5.75 Å². The highest BCUT2D eigenvalue weighted by Crippen LogP contribution is 2.20. The van der Waals surface area contributed by atoms with Gasteiger partial charge in [0.1, 0.15) is 0 Å². The summed E-state index contributed by atoms with van der Waals surface area (Å²) >= 11 is 0. The van der Waals surface area contributed by atoms with E-state index in [9.17, 15) is 4.57 Å². The average molecular weight is 171 g/mol. The minimum absolute atomic E-state index is 0.0966. The molecule has 0 saturated carbocycles. The topological polar surface area (TPSA) is 46.5 Å². The molecule has 0 spiro atoms. The van der Waals surface area contributed by atoms with Crippen molar-refractivity contribution in [3.05, 3.63) is 29.8 Å². The zero-order valence-corrected chi connectivity index (χ0v) is 6.78. The Bertz CT molecular complexity index is 249. The molecule has 1 aromatic rings. The van der Waals surface area contributed by atoms with Gasteiger partial charge in [-0.2, -0.15) is 0 Å². The summed E-state index contributed by atoms with van der Waals surface area (Å²) in [7, 11) is -0.826. The summed E-state index contributed by atoms with van der Waals surface area (Å²) in [4.78, 5) is 0. The molecule has 3 nitrogen and oxygen atoms in total. The van der Waals surface area contributed by atoms with Crippen molar-refractivity contribution in [1.29, 1.82) is 0 Å². The largest absolute Gasteiger partial charge is 0.542 e. The minimum Gasteiger partial charge on any atom is -0.392 e. The van der Waals surface area contributed by atoms with Crippen LogP contribution >= 0.6 is 8.69 Å². The molecule has 0 radical (unpaired) electrons. The van der Waals surface area contributed by atoms with Crippen molar-refractivity contribution in [1.82, 2.24) is 0 Å². The average Bonchev–Trinajstić information content (AvgIpc) is 2.06. The molecule has 0 bridgehead atoms. The van der Waals surface area contributed by atoms with E-state index in [1.165, 1.54) is 0 Å². The van der Waals surface area contributed by atoms with Gasteiger partial charge in [0.25, 0.3) is 0 Å². The summed E-state index contributed by atoms with van der Waals surface area (Å²) in [6, 6.07) is 6.92. The van der Waals surface area contributed by atoms with Gasteiger partial charge in [-0.1, -0.05) is 18.2 Å². The first-order valence-corrected chi connectivity index (χ1v) is 3.93. The Kier molecular flexibility index (Phi) is 3.02. The molecule has 4 heteroatoms. The zero-order chi connectivity index (χ0) is 8.10. The number of aliphatic hydroxyl groups is 1. The third-order valence-electron chi connectivity index (χ3n) is 1.29. The number of para-hydroxylation sites is 1. The Balaban J connectivity index is 2.92. The van der Waals surface area contributed by atoms with Crippen LogP contribution in [-0.2, 0) is 11.2 Å². The zero-order valence-electron chi connectivity index (χ0n) is 5.78. The number of hydrogen-bond acceptors (Lipinski definition) is 3. The maximum atomic E-state index is 10.1. The van der Waals surface area contributed by atoms with E-state index >= 15 is 0 Å². The first-order chi connectivity index (χ1) is 5.38. The quantitative estimate of drug-likeness (QED) is 0.701. The van der Waals surface area contributed by atoms with E-state index in [4.69, 9.17) is 9.63 Å². The second kappa shape index (κ2) is 4.06. The lowest BCUT2D eigenvalue weighted by Gasteiger charge is -1.96. The molecule has 0 aromatic heterocycles. The molecule has 0 aliphatic heterocycles. The summed E-state index contributed by atoms with van der Waals surface area (Å²) in [5.41, 5.74) is 0.649. The highest BCUT2D eigenvalue weighted by molar-refractivity contribution is 7.17. The Morgan fingerprint density at radius 1 is 1.45 bits per heavy atom. The van der Waals surface area contributed by atoms with Gasteiger partial charge in [0, 0.05) is 5.56 Å². The molecule has 0 heterocycles. The Morgan fingerprint density at radius 3 is 2.82 bits per heavy atom. The van der Waals surface area contributed by atoms with Gasteiger partial charge >= 0.3 is 8.69 Å². The summed E-state index contributed by atoms with van der Waals surface area (Å²) in [5.74, 6) is 0.475. The van der Waals surface area contributed by atoms with Crippen molar-refractivity contribution in [3.8, 4) is 5.75 Å². The molecule has 1 unspecified atom stereocenters. The molecule has 0 aliphatic rings. The number of rotatable bonds is 3. The van der Waals surface area contributed by atoms with Gasteiger partial charge in [0.15, 0.2) is 5.75 Å². The van der Waals surface area contributed by atoms with Crippen molar-refractivity contribution in [2.75, 3.05) is 0 Å². The standard InChI is InChI=1S/C7H8O3P/c8-5-6-3-1-2-4-7(6)10-11-9/h1-4,8,11H,5H2/q+1. The molecule has 0 amide bonds. The van der Waals surface area contributed by atoms with Crippen molar-refractivity contribution >= 4 is 8.69 Å². The van der Waals surface area contributed by atoms with Gasteiger partial charge in [0.2, 0.25) is 0 Å². The lowest BCUT2D eigenvalue weighted by molar-refractivity contribution is 0.278. The lowest BCUT2D eigenvalue weighted by Crippen LogP contribution is -1.86. The van der Waals surface area contributed by atoms with Crippen molar-refractivity contribution in [3.63, 3.8) is 0 Å². The number of hydrogen-bond donors (Lipinski definition) is 1. The van der Waals surface area contributed by atoms with Crippen LogP contribution < -0.4 is 4.52 Å². The van der Waals surface area contributed by atoms with Gasteiger partial charge in [0.05, 0.1) is 6.61 Å². The maximum Gasteiger partial charge on any atom is 0.542 e. The molecule has 0 saturated heterocycles. The van der Waals surface area contributed by atoms with Crippen LogP contribution in [0.4, 0.5) is 0 Å². The molecular weight excluding hydrogens is 163 g/mol. The van der Waals surface area contributed by atoms with Gasteiger partial charge in [-0.3, -0.25) is 4.52 Å². The third kappa shape index (κ3) is 2.00. The molecule has 1 aromatic carbocycles. The molecular formula is C7H8O3P+. The number of benzene rings is 1. The van der Waals surface area contributed by atoms with Gasteiger partial charge in [-0.25, -0.2) is 0 Å². The normalized spacial score (nSPS) is 9.91. The van der Waals surface area contributed by atoms with Gasteiger partial charge < -0.3 is 5.11 Å². The SMILES string of the molecule is O=[PH+]Oc1ccccc1CO. The highest BCUT2D eigenvalue weighted by Gasteiger charge is 2.03. The lowest BCUT2D eigenvalue weighted by atomic mass is 10.2. The molecule has 58 valence electrons. The summed E-state index contributed by atoms with van der Waals surface area (Å²) in [6.07, 6.45) is 0. The van der Waals surface area contributed by atoms with E-state index in [0.717, 1.165) is 0 Å². The first-order valence-electron chi connectivity index (χ1n) is 3.11. The molecule has 1 atom stereocenters. The van der Waals surface area contributed by atoms with E-state index in [2.05, 4.69) is 0 Å².